The highest BCUT2D eigenvalue weighted by Gasteiger charge is 2.16. The van der Waals surface area contributed by atoms with Crippen LogP contribution in [0.1, 0.15) is 48.0 Å². The van der Waals surface area contributed by atoms with Crippen LogP contribution in [0, 0.1) is 0 Å². The van der Waals surface area contributed by atoms with Crippen LogP contribution in [0.3, 0.4) is 0 Å². The topological polar surface area (TPSA) is 78.9 Å². The molecule has 0 aromatic rings. The molecule has 0 heterocycles. The first-order valence-corrected chi connectivity index (χ1v) is 8.48. The molecule has 0 aromatic heterocycles. The van der Waals surface area contributed by atoms with Gasteiger partial charge in [0.05, 0.1) is 6.26 Å². The molecule has 27 heavy (non-hydrogen) atoms. The molecule has 0 aliphatic heterocycles. The van der Waals surface area contributed by atoms with E-state index in [-0.39, 0.29) is 0 Å². The molecule has 0 rings (SSSR count). The Morgan fingerprint density at radius 2 is 1.48 bits per heavy atom. The molecule has 0 saturated carbocycles. The average molecular weight is 376 g/mol. The Bertz CT molecular complexity index is 673. The summed E-state index contributed by atoms with van der Waals surface area (Å²) >= 11 is 0. The number of ether oxygens (including phenoxy) is 3. The highest BCUT2D eigenvalue weighted by Crippen LogP contribution is 2.16. The standard InChI is InChI=1S/C21H28O6/c1-15(2)8-7-9-16(3)10-11-21(27-19(6)24)20(14-26-18(5)23)12-13-25-17(4)22/h7-10,12-14,21H,11H2,1-6H3/b9-7+,13-12+,16-10+,20-14-/t21-/m0/s1. The molecule has 1 atom stereocenters. The van der Waals surface area contributed by atoms with Gasteiger partial charge in [0.2, 0.25) is 0 Å². The van der Waals surface area contributed by atoms with E-state index in [1.54, 1.807) is 0 Å². The molecule has 6 nitrogen and oxygen atoms in total. The second kappa shape index (κ2) is 13.3. The van der Waals surface area contributed by atoms with Gasteiger partial charge in [-0.1, -0.05) is 35.5 Å². The first kappa shape index (κ1) is 24.1. The van der Waals surface area contributed by atoms with Crippen LogP contribution in [0.5, 0.6) is 0 Å². The quantitative estimate of drug-likeness (QED) is 0.258. The Morgan fingerprint density at radius 3 is 2.00 bits per heavy atom. The van der Waals surface area contributed by atoms with Gasteiger partial charge in [-0.25, -0.2) is 0 Å². The van der Waals surface area contributed by atoms with Gasteiger partial charge in [0, 0.05) is 32.8 Å². The maximum absolute atomic E-state index is 11.5. The Morgan fingerprint density at radius 1 is 0.852 bits per heavy atom. The lowest BCUT2D eigenvalue weighted by Gasteiger charge is -2.16. The van der Waals surface area contributed by atoms with Gasteiger partial charge >= 0.3 is 17.9 Å². The van der Waals surface area contributed by atoms with Crippen LogP contribution in [0.15, 0.2) is 59.6 Å². The summed E-state index contributed by atoms with van der Waals surface area (Å²) in [5.41, 5.74) is 2.53. The molecular formula is C21H28O6. The van der Waals surface area contributed by atoms with E-state index in [2.05, 4.69) is 0 Å². The van der Waals surface area contributed by atoms with Gasteiger partial charge < -0.3 is 14.2 Å². The monoisotopic (exact) mass is 376 g/mol. The molecule has 0 fully saturated rings. The molecular weight excluding hydrogens is 348 g/mol. The van der Waals surface area contributed by atoms with Crippen molar-refractivity contribution in [3.63, 3.8) is 0 Å². The van der Waals surface area contributed by atoms with E-state index >= 15 is 0 Å². The van der Waals surface area contributed by atoms with Crippen molar-refractivity contribution in [2.45, 2.75) is 54.1 Å². The van der Waals surface area contributed by atoms with E-state index in [4.69, 9.17) is 14.2 Å². The molecule has 0 N–H and O–H groups in total. The van der Waals surface area contributed by atoms with Gasteiger partial charge in [-0.05, 0) is 26.8 Å². The molecule has 0 aliphatic rings. The summed E-state index contributed by atoms with van der Waals surface area (Å²) in [5, 5.41) is 0. The van der Waals surface area contributed by atoms with Crippen molar-refractivity contribution in [3.05, 3.63) is 59.6 Å². The maximum atomic E-state index is 11.5. The number of esters is 3. The smallest absolute Gasteiger partial charge is 0.307 e. The second-order valence-corrected chi connectivity index (χ2v) is 6.02. The molecule has 0 aromatic carbocycles. The van der Waals surface area contributed by atoms with Gasteiger partial charge in [-0.15, -0.1) is 0 Å². The zero-order chi connectivity index (χ0) is 20.8. The van der Waals surface area contributed by atoms with Gasteiger partial charge in [0.1, 0.15) is 12.4 Å². The van der Waals surface area contributed by atoms with Crippen molar-refractivity contribution >= 4 is 17.9 Å². The minimum absolute atomic E-state index is 0.349. The Labute approximate surface area is 160 Å². The van der Waals surface area contributed by atoms with Crippen molar-refractivity contribution in [1.29, 1.82) is 0 Å². The summed E-state index contributed by atoms with van der Waals surface area (Å²) in [7, 11) is 0. The predicted molar refractivity (Wildman–Crippen MR) is 103 cm³/mol. The summed E-state index contributed by atoms with van der Waals surface area (Å²) in [4.78, 5) is 33.5. The molecule has 6 heteroatoms. The van der Waals surface area contributed by atoms with Gasteiger partial charge in [0.15, 0.2) is 0 Å². The van der Waals surface area contributed by atoms with Crippen LogP contribution < -0.4 is 0 Å². The van der Waals surface area contributed by atoms with Crippen molar-refractivity contribution in [2.75, 3.05) is 0 Å². The number of hydrogen-bond acceptors (Lipinski definition) is 6. The maximum Gasteiger partial charge on any atom is 0.307 e. The number of carbonyl (C=O) groups is 3. The fraction of sp³-hybridized carbons (Fsp3) is 0.381. The first-order valence-electron chi connectivity index (χ1n) is 8.48. The van der Waals surface area contributed by atoms with Crippen molar-refractivity contribution in [3.8, 4) is 0 Å². The Balaban J connectivity index is 5.49. The summed E-state index contributed by atoms with van der Waals surface area (Å²) in [6.45, 7) is 9.72. The molecule has 0 aliphatic carbocycles. The van der Waals surface area contributed by atoms with Crippen LogP contribution in [0.2, 0.25) is 0 Å². The molecule has 0 radical (unpaired) electrons. The van der Waals surface area contributed by atoms with E-state index in [0.717, 1.165) is 11.8 Å². The summed E-state index contributed by atoms with van der Waals surface area (Å²) < 4.78 is 15.0. The third-order valence-corrected chi connectivity index (χ3v) is 2.98. The van der Waals surface area contributed by atoms with Gasteiger partial charge in [-0.2, -0.15) is 0 Å². The van der Waals surface area contributed by atoms with Crippen LogP contribution in [0.25, 0.3) is 0 Å². The lowest BCUT2D eigenvalue weighted by molar-refractivity contribution is -0.144. The number of hydrogen-bond donors (Lipinski definition) is 0. The zero-order valence-electron chi connectivity index (χ0n) is 16.8. The molecule has 148 valence electrons. The fourth-order valence-electron chi connectivity index (χ4n) is 1.79. The van der Waals surface area contributed by atoms with E-state index < -0.39 is 24.0 Å². The molecule has 0 saturated heterocycles. The normalized spacial score (nSPS) is 13.4. The molecule has 0 unspecified atom stereocenters. The van der Waals surface area contributed by atoms with Gasteiger partial charge in [0.25, 0.3) is 0 Å². The van der Waals surface area contributed by atoms with E-state index in [1.807, 2.05) is 45.1 Å². The molecule has 0 spiro atoms. The fourth-order valence-corrected chi connectivity index (χ4v) is 1.79. The van der Waals surface area contributed by atoms with Crippen LogP contribution in [-0.2, 0) is 28.6 Å². The second-order valence-electron chi connectivity index (χ2n) is 6.02. The molecule has 0 amide bonds. The SMILES string of the molecule is CC(=O)O/C=C(/C=C/OC(C)=O)[C@H](C/C=C(C)/C=C/C=C(C)C)OC(C)=O. The van der Waals surface area contributed by atoms with Crippen molar-refractivity contribution in [2.24, 2.45) is 0 Å². The highest BCUT2D eigenvalue weighted by atomic mass is 16.5. The lowest BCUT2D eigenvalue weighted by atomic mass is 10.1. The Kier molecular flexibility index (Phi) is 11.9. The molecule has 0 bridgehead atoms. The number of carbonyl (C=O) groups excluding carboxylic acids is 3. The minimum Gasteiger partial charge on any atom is -0.457 e. The van der Waals surface area contributed by atoms with E-state index in [1.165, 1.54) is 38.7 Å². The van der Waals surface area contributed by atoms with E-state index in [0.29, 0.717) is 12.0 Å². The van der Waals surface area contributed by atoms with Crippen molar-refractivity contribution in [1.82, 2.24) is 0 Å². The number of rotatable bonds is 9. The summed E-state index contributed by atoms with van der Waals surface area (Å²) in [6.07, 6.45) is 11.1. The highest BCUT2D eigenvalue weighted by molar-refractivity contribution is 5.68. The van der Waals surface area contributed by atoms with Crippen LogP contribution >= 0.6 is 0 Å². The predicted octanol–water partition coefficient (Wildman–Crippen LogP) is 4.30. The zero-order valence-corrected chi connectivity index (χ0v) is 16.8. The summed E-state index contributed by atoms with van der Waals surface area (Å²) in [5.74, 6) is -1.51. The Hall–Kier alpha value is -2.89. The van der Waals surface area contributed by atoms with Crippen molar-refractivity contribution < 1.29 is 28.6 Å². The van der Waals surface area contributed by atoms with Crippen LogP contribution in [0.4, 0.5) is 0 Å². The first-order chi connectivity index (χ1) is 12.6. The third-order valence-electron chi connectivity index (χ3n) is 2.98. The summed E-state index contributed by atoms with van der Waals surface area (Å²) in [6, 6.07) is 0. The third kappa shape index (κ3) is 14.0. The lowest BCUT2D eigenvalue weighted by Crippen LogP contribution is -2.18. The minimum atomic E-state index is -0.708. The largest absolute Gasteiger partial charge is 0.457 e. The number of allylic oxidation sites excluding steroid dienone is 5. The average Bonchev–Trinajstić information content (AvgIpc) is 2.53. The van der Waals surface area contributed by atoms with Gasteiger partial charge in [-0.3, -0.25) is 14.4 Å². The van der Waals surface area contributed by atoms with Crippen LogP contribution in [-0.4, -0.2) is 24.0 Å². The van der Waals surface area contributed by atoms with E-state index in [9.17, 15) is 14.4 Å².